The SMILES string of the molecule is CC(C)(C)OC(=O)N1C[C@](C)(O)C[C@H]1C(=O)NCc1cc(F)cc(Br)c1. The van der Waals surface area contributed by atoms with Crippen LogP contribution in [0.1, 0.15) is 39.7 Å². The number of hydrogen-bond acceptors (Lipinski definition) is 4. The normalized spacial score (nSPS) is 23.0. The van der Waals surface area contributed by atoms with Gasteiger partial charge in [0.2, 0.25) is 5.91 Å². The van der Waals surface area contributed by atoms with E-state index < -0.39 is 35.1 Å². The van der Waals surface area contributed by atoms with Crippen LogP contribution in [0.2, 0.25) is 0 Å². The molecular weight excluding hydrogens is 407 g/mol. The van der Waals surface area contributed by atoms with Crippen LogP contribution in [0.3, 0.4) is 0 Å². The maximum absolute atomic E-state index is 13.4. The van der Waals surface area contributed by atoms with Gasteiger partial charge in [0.05, 0.1) is 12.1 Å². The van der Waals surface area contributed by atoms with Crippen molar-refractivity contribution in [3.63, 3.8) is 0 Å². The molecule has 0 radical (unpaired) electrons. The molecule has 0 unspecified atom stereocenters. The Bertz CT molecular complexity index is 683. The van der Waals surface area contributed by atoms with Gasteiger partial charge in [0.25, 0.3) is 0 Å². The Kier molecular flexibility index (Phi) is 5.97. The lowest BCUT2D eigenvalue weighted by Gasteiger charge is -2.28. The molecule has 0 spiro atoms. The molecule has 8 heteroatoms. The summed E-state index contributed by atoms with van der Waals surface area (Å²) in [7, 11) is 0. The predicted octanol–water partition coefficient (Wildman–Crippen LogP) is 2.96. The van der Waals surface area contributed by atoms with Crippen molar-refractivity contribution < 1.29 is 23.8 Å². The molecule has 1 saturated heterocycles. The molecule has 26 heavy (non-hydrogen) atoms. The first-order valence-corrected chi connectivity index (χ1v) is 9.10. The van der Waals surface area contributed by atoms with E-state index in [2.05, 4.69) is 21.2 Å². The molecule has 0 aliphatic carbocycles. The topological polar surface area (TPSA) is 78.9 Å². The number of nitrogens with one attached hydrogen (secondary N) is 1. The fraction of sp³-hybridized carbons (Fsp3) is 0.556. The van der Waals surface area contributed by atoms with E-state index in [-0.39, 0.29) is 19.5 Å². The average Bonchev–Trinajstić information content (AvgIpc) is 2.78. The van der Waals surface area contributed by atoms with Crippen molar-refractivity contribution in [2.45, 2.75) is 57.9 Å². The average molecular weight is 431 g/mol. The zero-order valence-electron chi connectivity index (χ0n) is 15.3. The first-order valence-electron chi connectivity index (χ1n) is 8.31. The summed E-state index contributed by atoms with van der Waals surface area (Å²) in [5.74, 6) is -0.836. The van der Waals surface area contributed by atoms with Gasteiger partial charge >= 0.3 is 6.09 Å². The highest BCUT2D eigenvalue weighted by Gasteiger charge is 2.46. The van der Waals surface area contributed by atoms with Gasteiger partial charge in [-0.3, -0.25) is 9.69 Å². The molecule has 0 bridgehead atoms. The number of halogens is 2. The number of amides is 2. The first kappa shape index (κ1) is 20.6. The molecule has 2 N–H and O–H groups in total. The van der Waals surface area contributed by atoms with E-state index in [0.29, 0.717) is 10.0 Å². The van der Waals surface area contributed by atoms with Gasteiger partial charge in [0.15, 0.2) is 0 Å². The Morgan fingerprint density at radius 1 is 1.42 bits per heavy atom. The van der Waals surface area contributed by atoms with Gasteiger partial charge in [-0.1, -0.05) is 15.9 Å². The van der Waals surface area contributed by atoms with Crippen LogP contribution < -0.4 is 5.32 Å². The lowest BCUT2D eigenvalue weighted by Crippen LogP contribution is -2.47. The smallest absolute Gasteiger partial charge is 0.411 e. The van der Waals surface area contributed by atoms with Gasteiger partial charge in [0.1, 0.15) is 17.5 Å². The van der Waals surface area contributed by atoms with E-state index in [1.165, 1.54) is 17.0 Å². The molecule has 2 rings (SSSR count). The van der Waals surface area contributed by atoms with Crippen LogP contribution in [0.25, 0.3) is 0 Å². The molecule has 1 aromatic rings. The number of likely N-dealkylation sites (tertiary alicyclic amines) is 1. The van der Waals surface area contributed by atoms with Gasteiger partial charge in [0, 0.05) is 17.4 Å². The molecule has 2 amide bonds. The molecule has 6 nitrogen and oxygen atoms in total. The van der Waals surface area contributed by atoms with E-state index in [1.807, 2.05) is 0 Å². The van der Waals surface area contributed by atoms with Crippen molar-refractivity contribution in [3.05, 3.63) is 34.1 Å². The van der Waals surface area contributed by atoms with E-state index in [9.17, 15) is 19.1 Å². The third-order valence-electron chi connectivity index (χ3n) is 3.84. The number of β-amino-alcohol motifs (C(OH)–C–C–N with tert-alkyl or cyclic N) is 1. The summed E-state index contributed by atoms with van der Waals surface area (Å²) in [6.07, 6.45) is -0.547. The molecule has 0 aromatic heterocycles. The molecule has 1 aliphatic rings. The third kappa shape index (κ3) is 5.67. The van der Waals surface area contributed by atoms with Crippen molar-refractivity contribution in [2.24, 2.45) is 0 Å². The van der Waals surface area contributed by atoms with E-state index in [0.717, 1.165) is 0 Å². The zero-order chi connectivity index (χ0) is 19.7. The van der Waals surface area contributed by atoms with Crippen LogP contribution in [0.4, 0.5) is 9.18 Å². The summed E-state index contributed by atoms with van der Waals surface area (Å²) >= 11 is 3.20. The number of rotatable bonds is 3. The summed E-state index contributed by atoms with van der Waals surface area (Å²) in [5, 5.41) is 13.0. The monoisotopic (exact) mass is 430 g/mol. The van der Waals surface area contributed by atoms with Crippen molar-refractivity contribution in [2.75, 3.05) is 6.54 Å². The van der Waals surface area contributed by atoms with E-state index >= 15 is 0 Å². The van der Waals surface area contributed by atoms with Crippen molar-refractivity contribution in [3.8, 4) is 0 Å². The molecule has 1 aromatic carbocycles. The molecule has 1 fully saturated rings. The van der Waals surface area contributed by atoms with Gasteiger partial charge in [-0.05, 0) is 51.5 Å². The quantitative estimate of drug-likeness (QED) is 0.772. The van der Waals surface area contributed by atoms with Gasteiger partial charge in [-0.15, -0.1) is 0 Å². The maximum atomic E-state index is 13.4. The Hall–Kier alpha value is -1.67. The minimum absolute atomic E-state index is 0.00547. The van der Waals surface area contributed by atoms with E-state index in [1.54, 1.807) is 33.8 Å². The number of carbonyl (C=O) groups is 2. The minimum Gasteiger partial charge on any atom is -0.444 e. The van der Waals surface area contributed by atoms with Gasteiger partial charge in [-0.25, -0.2) is 9.18 Å². The molecule has 144 valence electrons. The maximum Gasteiger partial charge on any atom is 0.411 e. The molecule has 1 aliphatic heterocycles. The number of nitrogens with zero attached hydrogens (tertiary/aromatic N) is 1. The van der Waals surface area contributed by atoms with Crippen molar-refractivity contribution in [1.29, 1.82) is 0 Å². The first-order chi connectivity index (χ1) is 11.9. The predicted molar refractivity (Wildman–Crippen MR) is 97.9 cm³/mol. The highest BCUT2D eigenvalue weighted by Crippen LogP contribution is 2.28. The lowest BCUT2D eigenvalue weighted by atomic mass is 10.0. The second-order valence-electron chi connectivity index (χ2n) is 7.82. The van der Waals surface area contributed by atoms with Gasteiger partial charge in [-0.2, -0.15) is 0 Å². The van der Waals surface area contributed by atoms with Crippen LogP contribution in [0.5, 0.6) is 0 Å². The third-order valence-corrected chi connectivity index (χ3v) is 4.30. The summed E-state index contributed by atoms with van der Waals surface area (Å²) in [5.41, 5.74) is -1.31. The number of aliphatic hydroxyl groups is 1. The zero-order valence-corrected chi connectivity index (χ0v) is 16.9. The van der Waals surface area contributed by atoms with Crippen LogP contribution in [-0.2, 0) is 16.1 Å². The number of ether oxygens (including phenoxy) is 1. The second-order valence-corrected chi connectivity index (χ2v) is 8.74. The number of carbonyl (C=O) groups excluding carboxylic acids is 2. The Labute approximate surface area is 160 Å². The van der Waals surface area contributed by atoms with E-state index in [4.69, 9.17) is 4.74 Å². The largest absolute Gasteiger partial charge is 0.444 e. The second kappa shape index (κ2) is 7.52. The summed E-state index contributed by atoms with van der Waals surface area (Å²) < 4.78 is 19.3. The number of benzene rings is 1. The molecule has 1 heterocycles. The highest BCUT2D eigenvalue weighted by atomic mass is 79.9. The lowest BCUT2D eigenvalue weighted by molar-refractivity contribution is -0.125. The molecule has 0 saturated carbocycles. The Morgan fingerprint density at radius 3 is 2.65 bits per heavy atom. The van der Waals surface area contributed by atoms with Crippen LogP contribution in [-0.4, -0.2) is 45.8 Å². The van der Waals surface area contributed by atoms with Crippen LogP contribution in [0.15, 0.2) is 22.7 Å². The fourth-order valence-electron chi connectivity index (χ4n) is 2.84. The van der Waals surface area contributed by atoms with Crippen LogP contribution >= 0.6 is 15.9 Å². The molecule has 2 atom stereocenters. The summed E-state index contributed by atoms with van der Waals surface area (Å²) in [6.45, 7) is 6.88. The molecular formula is C18H24BrFN2O4. The van der Waals surface area contributed by atoms with Gasteiger partial charge < -0.3 is 15.2 Å². The fourth-order valence-corrected chi connectivity index (χ4v) is 3.35. The summed E-state index contributed by atoms with van der Waals surface area (Å²) in [6, 6.07) is 3.49. The van der Waals surface area contributed by atoms with Crippen LogP contribution in [0, 0.1) is 5.82 Å². The highest BCUT2D eigenvalue weighted by molar-refractivity contribution is 9.10. The standard InChI is InChI=1S/C18H24BrFN2O4/c1-17(2,3)26-16(24)22-10-18(4,25)8-14(22)15(23)21-9-11-5-12(19)7-13(20)6-11/h5-7,14,25H,8-10H2,1-4H3,(H,21,23)/t14-,18+/m0/s1. The van der Waals surface area contributed by atoms with Crippen molar-refractivity contribution in [1.82, 2.24) is 10.2 Å². The Balaban J connectivity index is 2.07. The van der Waals surface area contributed by atoms with Crippen molar-refractivity contribution >= 4 is 27.9 Å². The summed E-state index contributed by atoms with van der Waals surface area (Å²) in [4.78, 5) is 26.2. The Morgan fingerprint density at radius 2 is 2.08 bits per heavy atom. The number of hydrogen-bond donors (Lipinski definition) is 2. The minimum atomic E-state index is -1.18.